The first kappa shape index (κ1) is 38.8. The van der Waals surface area contributed by atoms with Crippen LogP contribution < -0.4 is 15.0 Å². The zero-order valence-electron chi connectivity index (χ0n) is 30.1. The molecule has 4 unspecified atom stereocenters. The number of nitrogens with one attached hydrogen (secondary N) is 1. The van der Waals surface area contributed by atoms with Crippen molar-refractivity contribution in [2.24, 2.45) is 5.92 Å². The van der Waals surface area contributed by atoms with E-state index in [9.17, 15) is 14.4 Å². The second-order valence-corrected chi connectivity index (χ2v) is 13.7. The molecule has 0 aromatic heterocycles. The Kier molecular flexibility index (Phi) is 13.4. The standard InChI is InChI=1S/C37H51ClN4O8/c1-22-11-10-12-29(46-8)27-18-30(49-25(4)39-27)24(3)36-37(50-36)32(48-23(2)20-41(6)33(44)13-14-40(5)21-43)19-34(45)42(7)28-16-26(15-22)17-31(47-9)35(28)38/h10-12,16-17,21,24,27,29-30,32,36-37,39H,2,4,13-15,18-20H2,1,3,5-9H3/b12-10+,22-11+/t24-,27?,29-,30?,32+,36?,37?/m1/s1. The monoisotopic (exact) mass is 714 g/mol. The summed E-state index contributed by atoms with van der Waals surface area (Å²) in [7, 11) is 8.14. The number of epoxide rings is 1. The number of methoxy groups -OCH3 is 2. The zero-order valence-corrected chi connectivity index (χ0v) is 30.9. The van der Waals surface area contributed by atoms with Crippen molar-refractivity contribution in [3.05, 3.63) is 71.3 Å². The maximum absolute atomic E-state index is 14.0. The summed E-state index contributed by atoms with van der Waals surface area (Å²) in [4.78, 5) is 42.1. The van der Waals surface area contributed by atoms with E-state index in [1.807, 2.05) is 37.3 Å². The molecule has 13 heteroatoms. The molecule has 4 bridgehead atoms. The predicted octanol–water partition coefficient (Wildman–Crippen LogP) is 4.23. The Morgan fingerprint density at radius 2 is 1.98 bits per heavy atom. The lowest BCUT2D eigenvalue weighted by Crippen LogP contribution is -2.49. The molecule has 2 saturated heterocycles. The molecule has 0 radical (unpaired) electrons. The highest BCUT2D eigenvalue weighted by atomic mass is 35.5. The molecule has 1 N–H and O–H groups in total. The van der Waals surface area contributed by atoms with Crippen molar-refractivity contribution < 1.29 is 38.1 Å². The van der Waals surface area contributed by atoms with Gasteiger partial charge in [-0.25, -0.2) is 0 Å². The lowest BCUT2D eigenvalue weighted by Gasteiger charge is -2.38. The maximum atomic E-state index is 14.0. The molecule has 7 atom stereocenters. The number of hydrogen-bond donors (Lipinski definition) is 1. The van der Waals surface area contributed by atoms with Gasteiger partial charge in [0.05, 0.1) is 44.0 Å². The highest BCUT2D eigenvalue weighted by molar-refractivity contribution is 6.35. The van der Waals surface area contributed by atoms with Crippen molar-refractivity contribution in [3.8, 4) is 5.75 Å². The Hall–Kier alpha value is -4.00. The molecule has 3 aliphatic heterocycles. The van der Waals surface area contributed by atoms with Crippen LogP contribution in [-0.2, 0) is 39.8 Å². The largest absolute Gasteiger partial charge is 0.495 e. The molecule has 3 heterocycles. The van der Waals surface area contributed by atoms with Gasteiger partial charge in [0.15, 0.2) is 5.88 Å². The van der Waals surface area contributed by atoms with Crippen LogP contribution in [0.5, 0.6) is 5.75 Å². The SMILES string of the molecule is C=C(CN(C)C(=O)CCN(C)C=O)O[C@H]1CC(=O)N(C)c2cc(cc(OC)c2Cl)C/C(C)=C/C=C/[C@@H](OC)C2CC(OC(=C)N2)[C@@H](C)C2OC21. The molecule has 0 spiro atoms. The van der Waals surface area contributed by atoms with E-state index in [1.165, 1.54) is 14.7 Å². The molecule has 0 aliphatic carbocycles. The molecule has 3 amide bonds. The summed E-state index contributed by atoms with van der Waals surface area (Å²) in [6, 6.07) is 3.67. The van der Waals surface area contributed by atoms with Crippen molar-refractivity contribution in [2.45, 2.75) is 76.1 Å². The molecule has 1 aromatic carbocycles. The Morgan fingerprint density at radius 1 is 1.24 bits per heavy atom. The summed E-state index contributed by atoms with van der Waals surface area (Å²) < 4.78 is 30.2. The van der Waals surface area contributed by atoms with E-state index in [0.29, 0.717) is 47.4 Å². The van der Waals surface area contributed by atoms with Gasteiger partial charge in [-0.15, -0.1) is 0 Å². The average molecular weight is 715 g/mol. The van der Waals surface area contributed by atoms with Gasteiger partial charge in [-0.2, -0.15) is 0 Å². The number of halogens is 1. The zero-order chi connectivity index (χ0) is 36.7. The van der Waals surface area contributed by atoms with Crippen LogP contribution in [0, 0.1) is 5.92 Å². The summed E-state index contributed by atoms with van der Waals surface area (Å²) >= 11 is 6.77. The van der Waals surface area contributed by atoms with Gasteiger partial charge in [-0.1, -0.05) is 48.9 Å². The minimum atomic E-state index is -0.721. The number of anilines is 1. The third kappa shape index (κ3) is 9.82. The van der Waals surface area contributed by atoms with Crippen LogP contribution in [0.4, 0.5) is 5.69 Å². The van der Waals surface area contributed by atoms with Gasteiger partial charge in [-0.05, 0) is 37.6 Å². The van der Waals surface area contributed by atoms with E-state index in [4.69, 9.17) is 35.3 Å². The van der Waals surface area contributed by atoms with Gasteiger partial charge < -0.3 is 43.7 Å². The molecular weight excluding hydrogens is 664 g/mol. The normalized spacial score (nSPS) is 28.5. The number of likely N-dealkylation sites (N-methyl/N-ethyl adjacent to an activating group) is 1. The molecule has 274 valence electrons. The molecule has 0 saturated carbocycles. The second-order valence-electron chi connectivity index (χ2n) is 13.3. The maximum Gasteiger partial charge on any atom is 0.230 e. The van der Waals surface area contributed by atoms with Gasteiger partial charge in [0, 0.05) is 53.6 Å². The molecular formula is C37H51ClN4O8. The predicted molar refractivity (Wildman–Crippen MR) is 192 cm³/mol. The van der Waals surface area contributed by atoms with Crippen LogP contribution in [-0.4, -0.2) is 113 Å². The molecule has 50 heavy (non-hydrogen) atoms. The first-order valence-corrected chi connectivity index (χ1v) is 17.1. The third-order valence-electron chi connectivity index (χ3n) is 9.42. The molecule has 2 fully saturated rings. The highest BCUT2D eigenvalue weighted by Crippen LogP contribution is 2.41. The van der Waals surface area contributed by atoms with Crippen molar-refractivity contribution in [1.82, 2.24) is 15.1 Å². The number of rotatable bonds is 10. The van der Waals surface area contributed by atoms with Gasteiger partial charge in [0.2, 0.25) is 18.2 Å². The number of allylic oxidation sites excluding steroid dienone is 3. The number of amides is 3. The number of carbonyl (C=O) groups is 3. The minimum absolute atomic E-state index is 0.0505. The van der Waals surface area contributed by atoms with Crippen LogP contribution >= 0.6 is 11.6 Å². The Bertz CT molecular complexity index is 1500. The molecule has 1 aromatic rings. The highest BCUT2D eigenvalue weighted by Gasteiger charge is 2.53. The van der Waals surface area contributed by atoms with Crippen LogP contribution in [0.2, 0.25) is 5.02 Å². The van der Waals surface area contributed by atoms with Crippen molar-refractivity contribution in [1.29, 1.82) is 0 Å². The number of benzene rings is 1. The number of fused-ring (bicyclic) bond motifs is 5. The summed E-state index contributed by atoms with van der Waals surface area (Å²) in [5.41, 5.74) is 2.50. The Balaban J connectivity index is 1.65. The summed E-state index contributed by atoms with van der Waals surface area (Å²) in [6.45, 7) is 12.6. The topological polar surface area (TPSA) is 122 Å². The van der Waals surface area contributed by atoms with E-state index < -0.39 is 12.2 Å². The fourth-order valence-corrected chi connectivity index (χ4v) is 6.71. The Morgan fingerprint density at radius 3 is 2.66 bits per heavy atom. The van der Waals surface area contributed by atoms with Crippen molar-refractivity contribution >= 4 is 35.5 Å². The van der Waals surface area contributed by atoms with Crippen LogP contribution in [0.15, 0.2) is 60.7 Å². The van der Waals surface area contributed by atoms with Gasteiger partial charge in [0.1, 0.15) is 34.8 Å². The Labute approximate surface area is 300 Å². The summed E-state index contributed by atoms with van der Waals surface area (Å²) in [5, 5.41) is 3.65. The third-order valence-corrected chi connectivity index (χ3v) is 9.80. The lowest BCUT2D eigenvalue weighted by atomic mass is 9.89. The number of ether oxygens (including phenoxy) is 5. The van der Waals surface area contributed by atoms with E-state index >= 15 is 0 Å². The molecule has 3 aliphatic rings. The van der Waals surface area contributed by atoms with Crippen molar-refractivity contribution in [2.75, 3.05) is 53.4 Å². The molecule has 12 nitrogen and oxygen atoms in total. The first-order chi connectivity index (χ1) is 23.8. The summed E-state index contributed by atoms with van der Waals surface area (Å²) in [6.07, 6.45) is 6.11. The van der Waals surface area contributed by atoms with Gasteiger partial charge in [0.25, 0.3) is 0 Å². The first-order valence-electron chi connectivity index (χ1n) is 16.8. The number of nitrogens with zero attached hydrogens (tertiary/aromatic N) is 3. The molecule has 4 rings (SSSR count). The fraction of sp³-hybridized carbons (Fsp3) is 0.541. The van der Waals surface area contributed by atoms with Crippen LogP contribution in [0.3, 0.4) is 0 Å². The average Bonchev–Trinajstić information content (AvgIpc) is 3.89. The smallest absolute Gasteiger partial charge is 0.230 e. The van der Waals surface area contributed by atoms with Crippen molar-refractivity contribution in [3.63, 3.8) is 0 Å². The lowest BCUT2D eigenvalue weighted by molar-refractivity contribution is -0.131. The van der Waals surface area contributed by atoms with E-state index in [-0.39, 0.29) is 68.0 Å². The van der Waals surface area contributed by atoms with E-state index in [0.717, 1.165) is 11.1 Å². The van der Waals surface area contributed by atoms with Gasteiger partial charge >= 0.3 is 0 Å². The van der Waals surface area contributed by atoms with E-state index in [2.05, 4.69) is 25.4 Å². The fourth-order valence-electron chi connectivity index (χ4n) is 6.40. The van der Waals surface area contributed by atoms with Crippen LogP contribution in [0.25, 0.3) is 0 Å². The van der Waals surface area contributed by atoms with Gasteiger partial charge in [-0.3, -0.25) is 14.4 Å². The minimum Gasteiger partial charge on any atom is -0.495 e. The number of hydrogen-bond acceptors (Lipinski definition) is 9. The quantitative estimate of drug-likeness (QED) is 0.216. The van der Waals surface area contributed by atoms with Crippen LogP contribution in [0.1, 0.15) is 38.7 Å². The number of carbonyl (C=O) groups excluding carboxylic acids is 3. The second kappa shape index (κ2) is 17.3. The summed E-state index contributed by atoms with van der Waals surface area (Å²) in [5.74, 6) is 0.695. The van der Waals surface area contributed by atoms with E-state index in [1.54, 1.807) is 35.4 Å².